The number of nitrogens with zero attached hydrogens (tertiary/aromatic N) is 5. The number of carbonyl (C=O) groups is 2. The molecule has 37 heavy (non-hydrogen) atoms. The summed E-state index contributed by atoms with van der Waals surface area (Å²) < 4.78 is 7.89. The van der Waals surface area contributed by atoms with Crippen molar-refractivity contribution in [1.82, 2.24) is 24.8 Å². The maximum absolute atomic E-state index is 13.0. The van der Waals surface area contributed by atoms with E-state index >= 15 is 0 Å². The van der Waals surface area contributed by atoms with E-state index in [4.69, 9.17) is 4.74 Å². The first kappa shape index (κ1) is 25.0. The Bertz CT molecular complexity index is 1270. The zero-order valence-corrected chi connectivity index (χ0v) is 21.3. The molecular formula is C28H33N5O4. The van der Waals surface area contributed by atoms with Crippen molar-refractivity contribution in [3.63, 3.8) is 0 Å². The molecule has 0 bridgehead atoms. The molecule has 2 atom stereocenters. The van der Waals surface area contributed by atoms with Crippen molar-refractivity contribution in [1.29, 1.82) is 0 Å². The molecule has 2 heterocycles. The molecule has 1 aliphatic carbocycles. The van der Waals surface area contributed by atoms with E-state index in [0.29, 0.717) is 26.2 Å². The summed E-state index contributed by atoms with van der Waals surface area (Å²) in [5, 5.41) is 18.0. The Hall–Kier alpha value is -3.72. The standard InChI is InChI=1S/C28H33N5O4/c1-19-6-3-4-9-24(19)27(34)33-15-14-32(18-33)17-25-26(29-30-31(25)2)20-10-12-22(13-11-20)37-23-8-5-7-21(16-23)28(35)36/h3-4,6,9-13,21,23H,5,7-8,14-18H2,1-2H3,(H,35,36)/t21-,23-/m0/s1. The molecule has 1 saturated carbocycles. The number of aryl methyl sites for hydroxylation is 2. The van der Waals surface area contributed by atoms with Crippen LogP contribution in [-0.4, -0.2) is 67.6 Å². The van der Waals surface area contributed by atoms with Gasteiger partial charge in [-0.3, -0.25) is 19.2 Å². The molecule has 5 rings (SSSR count). The minimum atomic E-state index is -0.737. The normalized spacial score (nSPS) is 20.2. The van der Waals surface area contributed by atoms with Crippen LogP contribution in [-0.2, 0) is 18.4 Å². The van der Waals surface area contributed by atoms with Crippen LogP contribution < -0.4 is 4.74 Å². The highest BCUT2D eigenvalue weighted by Crippen LogP contribution is 2.30. The van der Waals surface area contributed by atoms with Gasteiger partial charge in [-0.2, -0.15) is 0 Å². The van der Waals surface area contributed by atoms with Gasteiger partial charge in [0.1, 0.15) is 11.4 Å². The lowest BCUT2D eigenvalue weighted by Gasteiger charge is -2.27. The van der Waals surface area contributed by atoms with E-state index in [0.717, 1.165) is 59.6 Å². The van der Waals surface area contributed by atoms with E-state index < -0.39 is 5.97 Å². The molecule has 1 N–H and O–H groups in total. The lowest BCUT2D eigenvalue weighted by atomic mass is 9.87. The molecule has 1 aromatic heterocycles. The Morgan fingerprint density at radius 3 is 2.62 bits per heavy atom. The minimum Gasteiger partial charge on any atom is -0.490 e. The van der Waals surface area contributed by atoms with Crippen LogP contribution >= 0.6 is 0 Å². The summed E-state index contributed by atoms with van der Waals surface area (Å²) >= 11 is 0. The summed E-state index contributed by atoms with van der Waals surface area (Å²) in [5.74, 6) is -0.268. The molecule has 9 heteroatoms. The Morgan fingerprint density at radius 1 is 1.08 bits per heavy atom. The number of carboxylic acids is 1. The molecule has 2 aliphatic rings. The fraction of sp³-hybridized carbons (Fsp3) is 0.429. The van der Waals surface area contributed by atoms with Gasteiger partial charge in [0.2, 0.25) is 0 Å². The molecule has 9 nitrogen and oxygen atoms in total. The van der Waals surface area contributed by atoms with Crippen molar-refractivity contribution < 1.29 is 19.4 Å². The van der Waals surface area contributed by atoms with Gasteiger partial charge in [0, 0.05) is 37.8 Å². The van der Waals surface area contributed by atoms with Gasteiger partial charge in [0.05, 0.1) is 24.4 Å². The molecular weight excluding hydrogens is 470 g/mol. The van der Waals surface area contributed by atoms with Crippen LogP contribution in [0.2, 0.25) is 0 Å². The summed E-state index contributed by atoms with van der Waals surface area (Å²) in [6.07, 6.45) is 2.93. The van der Waals surface area contributed by atoms with Crippen molar-refractivity contribution in [2.45, 2.75) is 45.3 Å². The Labute approximate surface area is 216 Å². The zero-order valence-electron chi connectivity index (χ0n) is 21.3. The third-order valence-electron chi connectivity index (χ3n) is 7.44. The second-order valence-electron chi connectivity index (χ2n) is 10.1. The number of ether oxygens (including phenoxy) is 1. The fourth-order valence-corrected chi connectivity index (χ4v) is 5.27. The number of rotatable bonds is 7. The first-order valence-corrected chi connectivity index (χ1v) is 12.8. The van der Waals surface area contributed by atoms with Gasteiger partial charge in [0.15, 0.2) is 0 Å². The second kappa shape index (κ2) is 10.7. The number of carboxylic acid groups (broad SMARTS) is 1. The van der Waals surface area contributed by atoms with Crippen LogP contribution in [0.1, 0.15) is 47.3 Å². The number of amides is 1. The van der Waals surface area contributed by atoms with Crippen LogP contribution in [0, 0.1) is 12.8 Å². The number of benzene rings is 2. The number of aliphatic carboxylic acids is 1. The second-order valence-corrected chi connectivity index (χ2v) is 10.1. The predicted molar refractivity (Wildman–Crippen MR) is 138 cm³/mol. The third kappa shape index (κ3) is 5.51. The van der Waals surface area contributed by atoms with Crippen LogP contribution in [0.3, 0.4) is 0 Å². The predicted octanol–water partition coefficient (Wildman–Crippen LogP) is 3.73. The highest BCUT2D eigenvalue weighted by atomic mass is 16.5. The molecule has 194 valence electrons. The summed E-state index contributed by atoms with van der Waals surface area (Å²) in [6.45, 7) is 4.63. The first-order chi connectivity index (χ1) is 17.9. The van der Waals surface area contributed by atoms with Crippen molar-refractivity contribution in [3.05, 3.63) is 65.4 Å². The summed E-state index contributed by atoms with van der Waals surface area (Å²) in [6, 6.07) is 15.5. The van der Waals surface area contributed by atoms with E-state index in [-0.39, 0.29) is 17.9 Å². The smallest absolute Gasteiger partial charge is 0.306 e. The van der Waals surface area contributed by atoms with Crippen LogP contribution in [0.5, 0.6) is 5.75 Å². The van der Waals surface area contributed by atoms with Gasteiger partial charge in [-0.05, 0) is 68.5 Å². The Kier molecular flexibility index (Phi) is 7.23. The van der Waals surface area contributed by atoms with Crippen molar-refractivity contribution >= 4 is 11.9 Å². The summed E-state index contributed by atoms with van der Waals surface area (Å²) in [4.78, 5) is 28.5. The number of carbonyl (C=O) groups excluding carboxylic acids is 1. The molecule has 2 fully saturated rings. The maximum atomic E-state index is 13.0. The largest absolute Gasteiger partial charge is 0.490 e. The van der Waals surface area contributed by atoms with Gasteiger partial charge in [-0.15, -0.1) is 5.10 Å². The lowest BCUT2D eigenvalue weighted by Crippen LogP contribution is -2.31. The van der Waals surface area contributed by atoms with Gasteiger partial charge < -0.3 is 14.7 Å². The molecule has 0 unspecified atom stereocenters. The monoisotopic (exact) mass is 503 g/mol. The maximum Gasteiger partial charge on any atom is 0.306 e. The van der Waals surface area contributed by atoms with E-state index in [1.807, 2.05) is 67.4 Å². The molecule has 2 aromatic carbocycles. The lowest BCUT2D eigenvalue weighted by molar-refractivity contribution is -0.143. The van der Waals surface area contributed by atoms with Crippen molar-refractivity contribution in [2.24, 2.45) is 13.0 Å². The van der Waals surface area contributed by atoms with Crippen LogP contribution in [0.4, 0.5) is 0 Å². The third-order valence-corrected chi connectivity index (χ3v) is 7.44. The van der Waals surface area contributed by atoms with Crippen LogP contribution in [0.15, 0.2) is 48.5 Å². The minimum absolute atomic E-state index is 0.0622. The van der Waals surface area contributed by atoms with Gasteiger partial charge in [-0.1, -0.05) is 23.4 Å². The molecule has 3 aromatic rings. The van der Waals surface area contributed by atoms with Crippen LogP contribution in [0.25, 0.3) is 11.3 Å². The number of aromatic nitrogens is 3. The molecule has 1 aliphatic heterocycles. The summed E-state index contributed by atoms with van der Waals surface area (Å²) in [5.41, 5.74) is 4.47. The molecule has 1 saturated heterocycles. The first-order valence-electron chi connectivity index (χ1n) is 12.8. The van der Waals surface area contributed by atoms with E-state index in [1.54, 1.807) is 4.68 Å². The summed E-state index contributed by atoms with van der Waals surface area (Å²) in [7, 11) is 1.89. The average Bonchev–Trinajstić information content (AvgIpc) is 3.52. The van der Waals surface area contributed by atoms with Crippen molar-refractivity contribution in [3.8, 4) is 17.0 Å². The van der Waals surface area contributed by atoms with Gasteiger partial charge in [-0.25, -0.2) is 0 Å². The van der Waals surface area contributed by atoms with E-state index in [1.165, 1.54) is 0 Å². The van der Waals surface area contributed by atoms with Gasteiger partial charge in [0.25, 0.3) is 5.91 Å². The SMILES string of the molecule is Cc1ccccc1C(=O)N1CCN(Cc2c(-c3ccc(O[C@H]4CCC[C@H](C(=O)O)C4)cc3)nnn2C)C1. The van der Waals surface area contributed by atoms with E-state index in [9.17, 15) is 14.7 Å². The highest BCUT2D eigenvalue weighted by molar-refractivity contribution is 5.95. The zero-order chi connectivity index (χ0) is 25.9. The topological polar surface area (TPSA) is 101 Å². The highest BCUT2D eigenvalue weighted by Gasteiger charge is 2.29. The molecule has 0 radical (unpaired) electrons. The Morgan fingerprint density at radius 2 is 1.86 bits per heavy atom. The Balaban J connectivity index is 1.23. The van der Waals surface area contributed by atoms with Gasteiger partial charge >= 0.3 is 5.97 Å². The molecule has 0 spiro atoms. The average molecular weight is 504 g/mol. The number of hydrogen-bond donors (Lipinski definition) is 1. The fourth-order valence-electron chi connectivity index (χ4n) is 5.27. The molecule has 1 amide bonds. The quantitative estimate of drug-likeness (QED) is 0.524. The van der Waals surface area contributed by atoms with Crippen molar-refractivity contribution in [2.75, 3.05) is 19.8 Å². The number of hydrogen-bond acceptors (Lipinski definition) is 6. The van der Waals surface area contributed by atoms with E-state index in [2.05, 4.69) is 15.2 Å².